The van der Waals surface area contributed by atoms with Crippen LogP contribution in [0.2, 0.25) is 0 Å². The van der Waals surface area contributed by atoms with E-state index in [9.17, 15) is 4.79 Å². The van der Waals surface area contributed by atoms with E-state index in [-0.39, 0.29) is 5.91 Å². The molecule has 0 saturated heterocycles. The molecule has 0 spiro atoms. The minimum Gasteiger partial charge on any atom is -0.497 e. The quantitative estimate of drug-likeness (QED) is 0.731. The molecular formula is C19H20N4O3S. The van der Waals surface area contributed by atoms with Crippen molar-refractivity contribution in [2.75, 3.05) is 12.4 Å². The van der Waals surface area contributed by atoms with Gasteiger partial charge in [-0.1, -0.05) is 6.07 Å². The predicted octanol–water partition coefficient (Wildman–Crippen LogP) is 3.06. The molecule has 7 nitrogen and oxygen atoms in total. The van der Waals surface area contributed by atoms with Crippen molar-refractivity contribution in [2.45, 2.75) is 25.9 Å². The number of nitrogens with zero attached hydrogens (tertiary/aromatic N) is 3. The van der Waals surface area contributed by atoms with Gasteiger partial charge in [-0.15, -0.1) is 11.3 Å². The second kappa shape index (κ2) is 7.03. The first-order valence-corrected chi connectivity index (χ1v) is 9.49. The van der Waals surface area contributed by atoms with Crippen molar-refractivity contribution in [3.05, 3.63) is 41.0 Å². The van der Waals surface area contributed by atoms with Gasteiger partial charge in [0, 0.05) is 29.2 Å². The summed E-state index contributed by atoms with van der Waals surface area (Å²) in [7, 11) is 3.53. The number of ether oxygens (including phenoxy) is 2. The summed E-state index contributed by atoms with van der Waals surface area (Å²) in [5.41, 5.74) is 3.16. The second-order valence-corrected chi connectivity index (χ2v) is 7.43. The van der Waals surface area contributed by atoms with Gasteiger partial charge in [-0.2, -0.15) is 5.10 Å². The molecule has 0 unspecified atom stereocenters. The normalized spacial score (nSPS) is 13.4. The maximum absolute atomic E-state index is 12.5. The van der Waals surface area contributed by atoms with Gasteiger partial charge in [-0.05, 0) is 31.9 Å². The fourth-order valence-corrected chi connectivity index (χ4v) is 4.09. The van der Waals surface area contributed by atoms with Gasteiger partial charge in [0.15, 0.2) is 11.2 Å². The van der Waals surface area contributed by atoms with E-state index in [0.717, 1.165) is 24.1 Å². The molecule has 1 atom stereocenters. The largest absolute Gasteiger partial charge is 0.497 e. The molecular weight excluding hydrogens is 364 g/mol. The van der Waals surface area contributed by atoms with Gasteiger partial charge < -0.3 is 9.47 Å². The minimum atomic E-state index is -0.660. The van der Waals surface area contributed by atoms with E-state index in [1.807, 2.05) is 30.1 Å². The maximum atomic E-state index is 12.5. The van der Waals surface area contributed by atoms with E-state index in [0.29, 0.717) is 16.6 Å². The number of carbonyl (C=O) groups excluding carboxylic acids is 1. The maximum Gasteiger partial charge on any atom is 0.266 e. The van der Waals surface area contributed by atoms with Gasteiger partial charge in [0.1, 0.15) is 11.5 Å². The second-order valence-electron chi connectivity index (χ2n) is 6.35. The fourth-order valence-electron chi connectivity index (χ4n) is 3.11. The highest BCUT2D eigenvalue weighted by Crippen LogP contribution is 2.37. The number of benzene rings is 1. The number of fused-ring (bicyclic) bond motifs is 3. The van der Waals surface area contributed by atoms with Crippen molar-refractivity contribution in [1.82, 2.24) is 14.8 Å². The molecule has 0 saturated carbocycles. The standard InChI is InChI=1S/C19H20N4O3S/c1-11(26-13-6-4-5-12(9-13)25-3)18(24)22-19-21-17-14-10-20-23(2)15(14)7-8-16(17)27-19/h4-6,9-11H,7-8H2,1-3H3,(H,21,22,24)/t11-/m0/s1. The Kier molecular flexibility index (Phi) is 4.57. The molecule has 1 aliphatic carbocycles. The first kappa shape index (κ1) is 17.5. The molecule has 1 aromatic carbocycles. The fraction of sp³-hybridized carbons (Fsp3) is 0.316. The van der Waals surface area contributed by atoms with Crippen LogP contribution >= 0.6 is 11.3 Å². The molecule has 4 rings (SSSR count). The molecule has 2 heterocycles. The first-order valence-electron chi connectivity index (χ1n) is 8.67. The molecule has 0 radical (unpaired) electrons. The van der Waals surface area contributed by atoms with Crippen molar-refractivity contribution in [1.29, 1.82) is 0 Å². The summed E-state index contributed by atoms with van der Waals surface area (Å²) in [6.45, 7) is 1.71. The van der Waals surface area contributed by atoms with Crippen molar-refractivity contribution >= 4 is 22.4 Å². The molecule has 1 amide bonds. The van der Waals surface area contributed by atoms with Gasteiger partial charge in [0.2, 0.25) is 0 Å². The number of thiazole rings is 1. The Hall–Kier alpha value is -2.87. The Morgan fingerprint density at radius 1 is 1.33 bits per heavy atom. The zero-order valence-corrected chi connectivity index (χ0v) is 16.2. The number of hydrogen-bond acceptors (Lipinski definition) is 6. The summed E-state index contributed by atoms with van der Waals surface area (Å²) in [4.78, 5) is 18.3. The zero-order chi connectivity index (χ0) is 19.0. The van der Waals surface area contributed by atoms with Crippen LogP contribution in [0, 0.1) is 0 Å². The molecule has 8 heteroatoms. The van der Waals surface area contributed by atoms with Crippen LogP contribution in [0.25, 0.3) is 11.3 Å². The Balaban J connectivity index is 1.46. The van der Waals surface area contributed by atoms with Crippen molar-refractivity contribution < 1.29 is 14.3 Å². The Bertz CT molecular complexity index is 995. The number of rotatable bonds is 5. The molecule has 140 valence electrons. The third kappa shape index (κ3) is 3.40. The van der Waals surface area contributed by atoms with Crippen LogP contribution in [0.15, 0.2) is 30.5 Å². The van der Waals surface area contributed by atoms with Crippen LogP contribution in [0.3, 0.4) is 0 Å². The average Bonchev–Trinajstić information content (AvgIpc) is 3.24. The van der Waals surface area contributed by atoms with Gasteiger partial charge in [0.25, 0.3) is 5.91 Å². The van der Waals surface area contributed by atoms with Crippen LogP contribution in [0.1, 0.15) is 17.5 Å². The summed E-state index contributed by atoms with van der Waals surface area (Å²) >= 11 is 1.51. The van der Waals surface area contributed by atoms with E-state index < -0.39 is 6.10 Å². The zero-order valence-electron chi connectivity index (χ0n) is 15.4. The number of hydrogen-bond donors (Lipinski definition) is 1. The summed E-state index contributed by atoms with van der Waals surface area (Å²) in [5, 5.41) is 7.78. The third-order valence-electron chi connectivity index (χ3n) is 4.56. The third-order valence-corrected chi connectivity index (χ3v) is 5.59. The summed E-state index contributed by atoms with van der Waals surface area (Å²) in [6.07, 6.45) is 3.02. The van der Waals surface area contributed by atoms with Crippen LogP contribution in [0.5, 0.6) is 11.5 Å². The molecule has 3 aromatic rings. The molecule has 1 aliphatic rings. The van der Waals surface area contributed by atoms with E-state index in [1.165, 1.54) is 21.9 Å². The van der Waals surface area contributed by atoms with E-state index in [4.69, 9.17) is 9.47 Å². The van der Waals surface area contributed by atoms with Gasteiger partial charge in [-0.25, -0.2) is 4.98 Å². The highest BCUT2D eigenvalue weighted by atomic mass is 32.1. The molecule has 0 aliphatic heterocycles. The summed E-state index contributed by atoms with van der Waals surface area (Å²) in [5.74, 6) is 1.02. The Morgan fingerprint density at radius 2 is 2.15 bits per heavy atom. The lowest BCUT2D eigenvalue weighted by Crippen LogP contribution is -2.30. The smallest absolute Gasteiger partial charge is 0.266 e. The van der Waals surface area contributed by atoms with E-state index in [1.54, 1.807) is 26.2 Å². The summed E-state index contributed by atoms with van der Waals surface area (Å²) < 4.78 is 12.8. The number of anilines is 1. The number of amides is 1. The number of methoxy groups -OCH3 is 1. The minimum absolute atomic E-state index is 0.240. The van der Waals surface area contributed by atoms with Crippen LogP contribution in [0.4, 0.5) is 5.13 Å². The molecule has 0 bridgehead atoms. The van der Waals surface area contributed by atoms with Gasteiger partial charge >= 0.3 is 0 Å². The van der Waals surface area contributed by atoms with E-state index >= 15 is 0 Å². The summed E-state index contributed by atoms with van der Waals surface area (Å²) in [6, 6.07) is 7.18. The SMILES string of the molecule is COc1cccc(O[C@@H](C)C(=O)Nc2nc3c(s2)CCc2c-3cnn2C)c1. The molecule has 0 fully saturated rings. The van der Waals surface area contributed by atoms with E-state index in [2.05, 4.69) is 15.4 Å². The highest BCUT2D eigenvalue weighted by molar-refractivity contribution is 7.16. The molecule has 27 heavy (non-hydrogen) atoms. The van der Waals surface area contributed by atoms with Crippen LogP contribution in [-0.4, -0.2) is 33.9 Å². The highest BCUT2D eigenvalue weighted by Gasteiger charge is 2.25. The number of aromatic nitrogens is 3. The Labute approximate surface area is 161 Å². The van der Waals surface area contributed by atoms with Crippen LogP contribution in [-0.2, 0) is 24.7 Å². The molecule has 2 aromatic heterocycles. The Morgan fingerprint density at radius 3 is 2.96 bits per heavy atom. The predicted molar refractivity (Wildman–Crippen MR) is 103 cm³/mol. The van der Waals surface area contributed by atoms with Crippen molar-refractivity contribution in [3.63, 3.8) is 0 Å². The lowest BCUT2D eigenvalue weighted by molar-refractivity contribution is -0.122. The topological polar surface area (TPSA) is 78.3 Å². The van der Waals surface area contributed by atoms with Crippen molar-refractivity contribution in [3.8, 4) is 22.8 Å². The van der Waals surface area contributed by atoms with Crippen LogP contribution < -0.4 is 14.8 Å². The van der Waals surface area contributed by atoms with Crippen molar-refractivity contribution in [2.24, 2.45) is 7.05 Å². The molecule has 1 N–H and O–H groups in total. The number of aryl methyl sites for hydroxylation is 2. The number of nitrogens with one attached hydrogen (secondary N) is 1. The monoisotopic (exact) mass is 384 g/mol. The van der Waals surface area contributed by atoms with Gasteiger partial charge in [0.05, 0.1) is 19.0 Å². The number of carbonyl (C=O) groups is 1. The first-order chi connectivity index (χ1) is 13.0. The average molecular weight is 384 g/mol. The van der Waals surface area contributed by atoms with Gasteiger partial charge in [-0.3, -0.25) is 14.8 Å². The lowest BCUT2D eigenvalue weighted by atomic mass is 10.0. The lowest BCUT2D eigenvalue weighted by Gasteiger charge is -2.14.